The molecule has 0 bridgehead atoms. The van der Waals surface area contributed by atoms with Crippen LogP contribution in [0.2, 0.25) is 0 Å². The fourth-order valence-corrected chi connectivity index (χ4v) is 2.88. The van der Waals surface area contributed by atoms with Crippen molar-refractivity contribution in [2.75, 3.05) is 7.11 Å². The second-order valence-electron chi connectivity index (χ2n) is 5.71. The maximum atomic E-state index is 12.3. The molecular formula is C18H23NO3. The van der Waals surface area contributed by atoms with Crippen molar-refractivity contribution in [1.82, 2.24) is 4.90 Å². The zero-order chi connectivity index (χ0) is 16.1. The number of carbonyl (C=O) groups excluding carboxylic acids is 2. The van der Waals surface area contributed by atoms with Gasteiger partial charge in [0.25, 0.3) is 0 Å². The van der Waals surface area contributed by atoms with Gasteiger partial charge in [-0.1, -0.05) is 50.6 Å². The third-order valence-corrected chi connectivity index (χ3v) is 4.32. The molecule has 4 heteroatoms. The van der Waals surface area contributed by atoms with E-state index in [1.165, 1.54) is 7.11 Å². The average molecular weight is 301 g/mol. The molecule has 1 heterocycles. The third kappa shape index (κ3) is 3.38. The Morgan fingerprint density at radius 3 is 2.64 bits per heavy atom. The summed E-state index contributed by atoms with van der Waals surface area (Å²) in [5.74, 6) is -0.0383. The molecule has 1 aromatic carbocycles. The highest BCUT2D eigenvalue weighted by atomic mass is 16.5. The highest BCUT2D eigenvalue weighted by molar-refractivity contribution is 5.91. The van der Waals surface area contributed by atoms with Gasteiger partial charge in [0.1, 0.15) is 6.04 Å². The molecule has 1 unspecified atom stereocenters. The molecule has 118 valence electrons. The topological polar surface area (TPSA) is 46.6 Å². The summed E-state index contributed by atoms with van der Waals surface area (Å²) >= 11 is 0. The number of allylic oxidation sites excluding steroid dienone is 1. The van der Waals surface area contributed by atoms with E-state index in [4.69, 9.17) is 4.74 Å². The molecule has 1 aromatic rings. The highest BCUT2D eigenvalue weighted by Crippen LogP contribution is 2.33. The van der Waals surface area contributed by atoms with Gasteiger partial charge in [0.05, 0.1) is 13.2 Å². The first-order valence-electron chi connectivity index (χ1n) is 7.69. The highest BCUT2D eigenvalue weighted by Gasteiger charge is 2.36. The van der Waals surface area contributed by atoms with Crippen LogP contribution in [0, 0.1) is 5.92 Å². The van der Waals surface area contributed by atoms with E-state index >= 15 is 0 Å². The Bertz CT molecular complexity index is 553. The van der Waals surface area contributed by atoms with Crippen molar-refractivity contribution in [1.29, 1.82) is 0 Å². The Labute approximate surface area is 131 Å². The zero-order valence-electron chi connectivity index (χ0n) is 13.4. The Hall–Kier alpha value is -2.10. The van der Waals surface area contributed by atoms with Crippen LogP contribution in [-0.4, -0.2) is 29.8 Å². The number of hydrogen-bond acceptors (Lipinski definition) is 4. The molecule has 22 heavy (non-hydrogen) atoms. The van der Waals surface area contributed by atoms with Crippen LogP contribution >= 0.6 is 0 Å². The number of rotatable bonds is 5. The lowest BCUT2D eigenvalue weighted by atomic mass is 9.91. The molecule has 0 saturated carbocycles. The molecule has 0 aliphatic carbocycles. The van der Waals surface area contributed by atoms with Gasteiger partial charge in [0.15, 0.2) is 5.78 Å². The largest absolute Gasteiger partial charge is 0.467 e. The van der Waals surface area contributed by atoms with E-state index in [1.807, 2.05) is 42.2 Å². The molecule has 0 spiro atoms. The van der Waals surface area contributed by atoms with E-state index < -0.39 is 0 Å². The number of esters is 1. The predicted octanol–water partition coefficient (Wildman–Crippen LogP) is 3.10. The first-order chi connectivity index (χ1) is 10.6. The van der Waals surface area contributed by atoms with Crippen molar-refractivity contribution in [3.05, 3.63) is 48.2 Å². The summed E-state index contributed by atoms with van der Waals surface area (Å²) in [5, 5.41) is 0. The second kappa shape index (κ2) is 7.25. The van der Waals surface area contributed by atoms with Gasteiger partial charge in [-0.05, 0) is 17.6 Å². The number of benzene rings is 1. The maximum Gasteiger partial charge on any atom is 0.328 e. The van der Waals surface area contributed by atoms with Crippen molar-refractivity contribution in [3.63, 3.8) is 0 Å². The van der Waals surface area contributed by atoms with Crippen LogP contribution in [0.4, 0.5) is 0 Å². The lowest BCUT2D eigenvalue weighted by molar-refractivity contribution is -0.149. The summed E-state index contributed by atoms with van der Waals surface area (Å²) in [4.78, 5) is 26.1. The summed E-state index contributed by atoms with van der Waals surface area (Å²) < 4.78 is 5.00. The van der Waals surface area contributed by atoms with Crippen molar-refractivity contribution in [2.45, 2.75) is 38.8 Å². The lowest BCUT2D eigenvalue weighted by Gasteiger charge is -2.40. The minimum atomic E-state index is -0.385. The number of methoxy groups -OCH3 is 1. The molecule has 1 aliphatic heterocycles. The van der Waals surface area contributed by atoms with Crippen LogP contribution in [0.1, 0.15) is 38.3 Å². The van der Waals surface area contributed by atoms with Gasteiger partial charge in [-0.3, -0.25) is 4.79 Å². The number of hydrogen-bond donors (Lipinski definition) is 0. The van der Waals surface area contributed by atoms with E-state index in [0.29, 0.717) is 6.42 Å². The van der Waals surface area contributed by atoms with Gasteiger partial charge < -0.3 is 9.64 Å². The molecule has 0 radical (unpaired) electrons. The third-order valence-electron chi connectivity index (χ3n) is 4.32. The quantitative estimate of drug-likeness (QED) is 0.784. The summed E-state index contributed by atoms with van der Waals surface area (Å²) in [7, 11) is 1.41. The van der Waals surface area contributed by atoms with Crippen LogP contribution < -0.4 is 0 Å². The standard InChI is InChI=1S/C18H23NO3/c1-4-13(2)17(18(21)22-3)19-11-10-15(20)12-16(19)14-8-6-5-7-9-14/h5-11,13,16-17H,4,12H2,1-3H3/t13?,16-,17-/m0/s1. The summed E-state index contributed by atoms with van der Waals surface area (Å²) in [5.41, 5.74) is 1.04. The van der Waals surface area contributed by atoms with Crippen molar-refractivity contribution in [2.24, 2.45) is 5.92 Å². The average Bonchev–Trinajstić information content (AvgIpc) is 2.56. The Kier molecular flexibility index (Phi) is 5.36. The van der Waals surface area contributed by atoms with E-state index in [1.54, 1.807) is 12.3 Å². The van der Waals surface area contributed by atoms with Crippen molar-refractivity contribution < 1.29 is 14.3 Å². The molecule has 3 atom stereocenters. The van der Waals surface area contributed by atoms with Gasteiger partial charge >= 0.3 is 5.97 Å². The van der Waals surface area contributed by atoms with E-state index in [-0.39, 0.29) is 29.8 Å². The molecule has 0 N–H and O–H groups in total. The van der Waals surface area contributed by atoms with Crippen molar-refractivity contribution in [3.8, 4) is 0 Å². The maximum absolute atomic E-state index is 12.3. The number of ketones is 1. The Morgan fingerprint density at radius 2 is 2.05 bits per heavy atom. The fourth-order valence-electron chi connectivity index (χ4n) is 2.88. The minimum absolute atomic E-state index is 0.0814. The summed E-state index contributed by atoms with van der Waals surface area (Å²) in [6, 6.07) is 9.32. The fraction of sp³-hybridized carbons (Fsp3) is 0.444. The van der Waals surface area contributed by atoms with Gasteiger partial charge in [-0.2, -0.15) is 0 Å². The molecular weight excluding hydrogens is 278 g/mol. The lowest BCUT2D eigenvalue weighted by Crippen LogP contribution is -2.46. The molecule has 2 rings (SSSR count). The minimum Gasteiger partial charge on any atom is -0.467 e. The number of carbonyl (C=O) groups is 2. The van der Waals surface area contributed by atoms with E-state index in [2.05, 4.69) is 6.92 Å². The predicted molar refractivity (Wildman–Crippen MR) is 85.0 cm³/mol. The van der Waals surface area contributed by atoms with Gasteiger partial charge in [0, 0.05) is 12.6 Å². The van der Waals surface area contributed by atoms with Crippen LogP contribution in [0.25, 0.3) is 0 Å². The monoisotopic (exact) mass is 301 g/mol. The smallest absolute Gasteiger partial charge is 0.328 e. The molecule has 0 aromatic heterocycles. The second-order valence-corrected chi connectivity index (χ2v) is 5.71. The summed E-state index contributed by atoms with van der Waals surface area (Å²) in [6.45, 7) is 4.09. The number of ether oxygens (including phenoxy) is 1. The van der Waals surface area contributed by atoms with Crippen LogP contribution in [0.15, 0.2) is 42.6 Å². The first-order valence-corrected chi connectivity index (χ1v) is 7.69. The zero-order valence-corrected chi connectivity index (χ0v) is 13.4. The SMILES string of the molecule is CCC(C)[C@@H](C(=O)OC)N1C=CC(=O)C[C@H]1c1ccccc1. The molecule has 0 saturated heterocycles. The van der Waals surface area contributed by atoms with Crippen molar-refractivity contribution >= 4 is 11.8 Å². The summed E-state index contributed by atoms with van der Waals surface area (Å²) in [6.07, 6.45) is 4.54. The van der Waals surface area contributed by atoms with Crippen LogP contribution in [-0.2, 0) is 14.3 Å². The first kappa shape index (κ1) is 16.3. The van der Waals surface area contributed by atoms with Gasteiger partial charge in [-0.25, -0.2) is 4.79 Å². The van der Waals surface area contributed by atoms with E-state index in [0.717, 1.165) is 12.0 Å². The Balaban J connectivity index is 2.40. The van der Waals surface area contributed by atoms with E-state index in [9.17, 15) is 9.59 Å². The molecule has 0 fully saturated rings. The Morgan fingerprint density at radius 1 is 1.36 bits per heavy atom. The normalized spacial score (nSPS) is 20.6. The molecule has 4 nitrogen and oxygen atoms in total. The van der Waals surface area contributed by atoms with Gasteiger partial charge in [0.2, 0.25) is 0 Å². The van der Waals surface area contributed by atoms with Crippen LogP contribution in [0.3, 0.4) is 0 Å². The molecule has 1 aliphatic rings. The number of nitrogens with zero attached hydrogens (tertiary/aromatic N) is 1. The molecule has 0 amide bonds. The van der Waals surface area contributed by atoms with Crippen LogP contribution in [0.5, 0.6) is 0 Å². The van der Waals surface area contributed by atoms with Gasteiger partial charge in [-0.15, -0.1) is 0 Å².